The molecule has 3 aromatic carbocycles. The summed E-state index contributed by atoms with van der Waals surface area (Å²) in [6, 6.07) is 11.1. The van der Waals surface area contributed by atoms with E-state index in [1.54, 1.807) is 25.1 Å². The predicted molar refractivity (Wildman–Crippen MR) is 123 cm³/mol. The molecule has 0 radical (unpaired) electrons. The van der Waals surface area contributed by atoms with Crippen molar-refractivity contribution in [3.05, 3.63) is 70.5 Å². The fourth-order valence-corrected chi connectivity index (χ4v) is 4.37. The van der Waals surface area contributed by atoms with Crippen molar-refractivity contribution < 1.29 is 37.0 Å². The Kier molecular flexibility index (Phi) is 7.14. The third-order valence-electron chi connectivity index (χ3n) is 5.83. The fraction of sp³-hybridized carbons (Fsp3) is 0.308. The Labute approximate surface area is 200 Å². The quantitative estimate of drug-likeness (QED) is 0.346. The SMILES string of the molecule is CCCc1c2c(c(OC(F)F)c3ccccc13)C(=O)N(c1ccc(COC(=O)OCC)c(F)c1)C2. The summed E-state index contributed by atoms with van der Waals surface area (Å²) in [5.41, 5.74) is 1.91. The van der Waals surface area contributed by atoms with Crippen LogP contribution < -0.4 is 9.64 Å². The monoisotopic (exact) mass is 487 g/mol. The molecule has 3 aromatic rings. The maximum Gasteiger partial charge on any atom is 0.508 e. The first-order valence-corrected chi connectivity index (χ1v) is 11.3. The van der Waals surface area contributed by atoms with Crippen LogP contribution in [0.1, 0.15) is 47.3 Å². The zero-order chi connectivity index (χ0) is 25.1. The molecule has 0 spiro atoms. The number of ether oxygens (including phenoxy) is 3. The van der Waals surface area contributed by atoms with Crippen LogP contribution in [0.3, 0.4) is 0 Å². The van der Waals surface area contributed by atoms with Gasteiger partial charge in [-0.25, -0.2) is 9.18 Å². The van der Waals surface area contributed by atoms with E-state index in [1.165, 1.54) is 17.0 Å². The number of fused-ring (bicyclic) bond motifs is 2. The van der Waals surface area contributed by atoms with Crippen molar-refractivity contribution in [1.29, 1.82) is 0 Å². The largest absolute Gasteiger partial charge is 0.508 e. The van der Waals surface area contributed by atoms with Gasteiger partial charge in [-0.1, -0.05) is 43.7 Å². The van der Waals surface area contributed by atoms with Gasteiger partial charge in [0.2, 0.25) is 0 Å². The molecule has 1 aliphatic rings. The summed E-state index contributed by atoms with van der Waals surface area (Å²) in [5.74, 6) is -1.40. The highest BCUT2D eigenvalue weighted by atomic mass is 19.3. The first kappa shape index (κ1) is 24.4. The molecule has 0 atom stereocenters. The van der Waals surface area contributed by atoms with Gasteiger partial charge in [0.25, 0.3) is 5.91 Å². The number of halogens is 3. The first-order valence-electron chi connectivity index (χ1n) is 11.3. The normalized spacial score (nSPS) is 12.9. The van der Waals surface area contributed by atoms with Gasteiger partial charge in [-0.2, -0.15) is 8.78 Å². The van der Waals surface area contributed by atoms with Crippen molar-refractivity contribution in [1.82, 2.24) is 0 Å². The lowest BCUT2D eigenvalue weighted by Crippen LogP contribution is -2.23. The molecule has 6 nitrogen and oxygen atoms in total. The van der Waals surface area contributed by atoms with Gasteiger partial charge < -0.3 is 19.1 Å². The Balaban J connectivity index is 1.73. The Morgan fingerprint density at radius 2 is 1.83 bits per heavy atom. The van der Waals surface area contributed by atoms with Gasteiger partial charge in [-0.15, -0.1) is 0 Å². The predicted octanol–water partition coefficient (Wildman–Crippen LogP) is 6.37. The van der Waals surface area contributed by atoms with Crippen molar-refractivity contribution in [3.8, 4) is 5.75 Å². The highest BCUT2D eigenvalue weighted by molar-refractivity contribution is 6.16. The summed E-state index contributed by atoms with van der Waals surface area (Å²) >= 11 is 0. The zero-order valence-corrected chi connectivity index (χ0v) is 19.3. The lowest BCUT2D eigenvalue weighted by Gasteiger charge is -2.17. The minimum atomic E-state index is -3.11. The van der Waals surface area contributed by atoms with Gasteiger partial charge in [-0.05, 0) is 42.0 Å². The van der Waals surface area contributed by atoms with E-state index in [2.05, 4.69) is 4.74 Å². The van der Waals surface area contributed by atoms with Gasteiger partial charge in [0.1, 0.15) is 18.2 Å². The molecular formula is C26H24F3NO5. The van der Waals surface area contributed by atoms with Crippen molar-refractivity contribution in [2.45, 2.75) is 46.5 Å². The molecule has 184 valence electrons. The number of amides is 1. The number of carbonyl (C=O) groups is 2. The van der Waals surface area contributed by atoms with E-state index in [-0.39, 0.29) is 42.3 Å². The number of benzene rings is 3. The van der Waals surface area contributed by atoms with Crippen LogP contribution >= 0.6 is 0 Å². The molecule has 0 aliphatic carbocycles. The van der Waals surface area contributed by atoms with Gasteiger partial charge in [-0.3, -0.25) is 4.79 Å². The van der Waals surface area contributed by atoms with Crippen molar-refractivity contribution in [2.75, 3.05) is 11.5 Å². The van der Waals surface area contributed by atoms with E-state index in [0.717, 1.165) is 23.4 Å². The second-order valence-electron chi connectivity index (χ2n) is 7.97. The molecule has 0 bridgehead atoms. The van der Waals surface area contributed by atoms with Crippen LogP contribution in [0, 0.1) is 5.82 Å². The minimum Gasteiger partial charge on any atom is -0.435 e. The highest BCUT2D eigenvalue weighted by Gasteiger charge is 2.36. The second kappa shape index (κ2) is 10.2. The molecule has 4 rings (SSSR count). The van der Waals surface area contributed by atoms with Gasteiger partial charge >= 0.3 is 12.8 Å². The number of carbonyl (C=O) groups excluding carboxylic acids is 2. The van der Waals surface area contributed by atoms with Crippen molar-refractivity contribution in [2.24, 2.45) is 0 Å². The van der Waals surface area contributed by atoms with Crippen LogP contribution in [0.5, 0.6) is 5.75 Å². The van der Waals surface area contributed by atoms with Crippen molar-refractivity contribution in [3.63, 3.8) is 0 Å². The molecule has 35 heavy (non-hydrogen) atoms. The number of hydrogen-bond donors (Lipinski definition) is 0. The van der Waals surface area contributed by atoms with Crippen LogP contribution in [0.2, 0.25) is 0 Å². The Morgan fingerprint density at radius 3 is 2.49 bits per heavy atom. The van der Waals surface area contributed by atoms with E-state index >= 15 is 0 Å². The van der Waals surface area contributed by atoms with Crippen molar-refractivity contribution >= 4 is 28.5 Å². The Morgan fingerprint density at radius 1 is 1.09 bits per heavy atom. The highest BCUT2D eigenvalue weighted by Crippen LogP contribution is 2.43. The lowest BCUT2D eigenvalue weighted by atomic mass is 9.92. The Bertz CT molecular complexity index is 1280. The van der Waals surface area contributed by atoms with Gasteiger partial charge in [0.15, 0.2) is 0 Å². The third-order valence-corrected chi connectivity index (χ3v) is 5.83. The molecule has 0 saturated carbocycles. The molecule has 1 heterocycles. The molecule has 0 unspecified atom stereocenters. The molecule has 1 aliphatic heterocycles. The number of alkyl halides is 2. The number of rotatable bonds is 8. The maximum atomic E-state index is 14.8. The molecule has 1 amide bonds. The second-order valence-corrected chi connectivity index (χ2v) is 7.97. The summed E-state index contributed by atoms with van der Waals surface area (Å²) in [6.07, 6.45) is 0.504. The minimum absolute atomic E-state index is 0.0718. The number of nitrogens with zero attached hydrogens (tertiary/aromatic N) is 1. The fourth-order valence-electron chi connectivity index (χ4n) is 4.37. The molecule has 0 N–H and O–H groups in total. The van der Waals surface area contributed by atoms with E-state index in [9.17, 15) is 22.8 Å². The summed E-state index contributed by atoms with van der Waals surface area (Å²) in [7, 11) is 0. The number of anilines is 1. The topological polar surface area (TPSA) is 65.1 Å². The van der Waals surface area contributed by atoms with E-state index < -0.39 is 24.5 Å². The van der Waals surface area contributed by atoms with Crippen LogP contribution in [-0.4, -0.2) is 25.3 Å². The summed E-state index contributed by atoms with van der Waals surface area (Å²) in [5, 5.41) is 1.18. The Hall–Kier alpha value is -3.75. The molecular weight excluding hydrogens is 463 g/mol. The van der Waals surface area contributed by atoms with E-state index in [4.69, 9.17) is 9.47 Å². The smallest absolute Gasteiger partial charge is 0.435 e. The standard InChI is InChI=1S/C26H24F3NO5/c1-3-7-17-18-8-5-6-9-19(18)23(35-25(28)29)22-20(17)13-30(24(22)31)16-11-10-15(21(27)12-16)14-34-26(32)33-4-2/h5-6,8-12,25H,3-4,7,13-14H2,1-2H3. The maximum absolute atomic E-state index is 14.8. The molecule has 9 heteroatoms. The first-order chi connectivity index (χ1) is 16.8. The number of aryl methyl sites for hydroxylation is 1. The summed E-state index contributed by atoms with van der Waals surface area (Å²) in [4.78, 5) is 26.2. The lowest BCUT2D eigenvalue weighted by molar-refractivity contribution is -0.0490. The average Bonchev–Trinajstić information content (AvgIpc) is 3.17. The summed E-state index contributed by atoms with van der Waals surface area (Å²) in [6.45, 7) is 0.381. The van der Waals surface area contributed by atoms with Gasteiger partial charge in [0.05, 0.1) is 18.7 Å². The average molecular weight is 487 g/mol. The molecule has 0 saturated heterocycles. The molecule has 0 aromatic heterocycles. The summed E-state index contributed by atoms with van der Waals surface area (Å²) < 4.78 is 55.8. The van der Waals surface area contributed by atoms with Crippen LogP contribution in [0.25, 0.3) is 10.8 Å². The van der Waals surface area contributed by atoms with Crippen LogP contribution in [0.15, 0.2) is 42.5 Å². The van der Waals surface area contributed by atoms with Crippen LogP contribution in [0.4, 0.5) is 23.7 Å². The third kappa shape index (κ3) is 4.76. The van der Waals surface area contributed by atoms with Crippen LogP contribution in [-0.2, 0) is 29.0 Å². The number of hydrogen-bond acceptors (Lipinski definition) is 5. The van der Waals surface area contributed by atoms with E-state index in [1.807, 2.05) is 13.0 Å². The van der Waals surface area contributed by atoms with E-state index in [0.29, 0.717) is 17.4 Å². The van der Waals surface area contributed by atoms with Gasteiger partial charge in [0, 0.05) is 16.6 Å². The zero-order valence-electron chi connectivity index (χ0n) is 19.3. The molecule has 0 fully saturated rings.